The predicted molar refractivity (Wildman–Crippen MR) is 80.6 cm³/mol. The molecule has 128 valence electrons. The molecule has 22 heavy (non-hydrogen) atoms. The van der Waals surface area contributed by atoms with E-state index in [1.807, 2.05) is 0 Å². The summed E-state index contributed by atoms with van der Waals surface area (Å²) in [5.74, 6) is -1.28. The molecule has 0 aliphatic rings. The lowest BCUT2D eigenvalue weighted by Gasteiger charge is -2.31. The van der Waals surface area contributed by atoms with Crippen LogP contribution >= 0.6 is 0 Å². The van der Waals surface area contributed by atoms with Gasteiger partial charge in [-0.2, -0.15) is 4.90 Å². The molecule has 0 fully saturated rings. The van der Waals surface area contributed by atoms with Crippen molar-refractivity contribution in [3.8, 4) is 0 Å². The van der Waals surface area contributed by atoms with E-state index in [9.17, 15) is 19.5 Å². The van der Waals surface area contributed by atoms with Crippen LogP contribution in [0.3, 0.4) is 0 Å². The lowest BCUT2D eigenvalue weighted by atomic mass is 10.1. The molecule has 0 spiro atoms. The van der Waals surface area contributed by atoms with E-state index >= 15 is 0 Å². The minimum absolute atomic E-state index is 0.119. The first kappa shape index (κ1) is 20.2. The minimum Gasteiger partial charge on any atom is -0.480 e. The molecular weight excluding hydrogens is 290 g/mol. The molecule has 0 saturated heterocycles. The second-order valence-electron chi connectivity index (χ2n) is 6.97. The zero-order valence-electron chi connectivity index (χ0n) is 14.4. The van der Waals surface area contributed by atoms with E-state index < -0.39 is 35.4 Å². The number of hydrogen-bond acceptors (Lipinski definition) is 5. The van der Waals surface area contributed by atoms with E-state index in [2.05, 4.69) is 0 Å². The number of nitrogens with zero attached hydrogens (tertiary/aromatic N) is 1. The number of carbonyl (C=O) groups excluding carboxylic acids is 2. The van der Waals surface area contributed by atoms with Crippen LogP contribution in [0.1, 0.15) is 61.3 Å². The van der Waals surface area contributed by atoms with Crippen molar-refractivity contribution < 1.29 is 29.0 Å². The van der Waals surface area contributed by atoms with Gasteiger partial charge in [-0.05, 0) is 48.0 Å². The van der Waals surface area contributed by atoms with Gasteiger partial charge in [0, 0.05) is 0 Å². The summed E-state index contributed by atoms with van der Waals surface area (Å²) in [5, 5.41) is 9.31. The number of ether oxygens (including phenoxy) is 2. The second-order valence-corrected chi connectivity index (χ2v) is 6.97. The van der Waals surface area contributed by atoms with Gasteiger partial charge in [0.25, 0.3) is 0 Å². The second kappa shape index (κ2) is 7.47. The largest absolute Gasteiger partial charge is 0.480 e. The van der Waals surface area contributed by atoms with Gasteiger partial charge in [-0.1, -0.05) is 13.3 Å². The lowest BCUT2D eigenvalue weighted by molar-refractivity contribution is -0.143. The van der Waals surface area contributed by atoms with Gasteiger partial charge in [-0.15, -0.1) is 0 Å². The quantitative estimate of drug-likeness (QED) is 0.854. The van der Waals surface area contributed by atoms with Crippen LogP contribution in [0.5, 0.6) is 0 Å². The molecule has 0 aliphatic heterocycles. The molecule has 0 unspecified atom stereocenters. The Morgan fingerprint density at radius 2 is 1.32 bits per heavy atom. The molecule has 0 heterocycles. The summed E-state index contributed by atoms with van der Waals surface area (Å²) in [6.07, 6.45) is -1.45. The fourth-order valence-electron chi connectivity index (χ4n) is 1.59. The first-order valence-corrected chi connectivity index (χ1v) is 7.26. The van der Waals surface area contributed by atoms with Gasteiger partial charge in [0.2, 0.25) is 0 Å². The van der Waals surface area contributed by atoms with E-state index in [4.69, 9.17) is 9.47 Å². The summed E-state index contributed by atoms with van der Waals surface area (Å²) in [6.45, 7) is 11.6. The van der Waals surface area contributed by atoms with Gasteiger partial charge in [-0.3, -0.25) is 0 Å². The molecular formula is C15H27NO6. The Labute approximate surface area is 131 Å². The molecule has 0 bridgehead atoms. The SMILES string of the molecule is CCC[C@@H](C(=O)O)N(C(=O)OC(C)(C)C)C(=O)OC(C)(C)C. The van der Waals surface area contributed by atoms with Gasteiger partial charge in [0.05, 0.1) is 0 Å². The van der Waals surface area contributed by atoms with Crippen LogP contribution in [0.4, 0.5) is 9.59 Å². The maximum atomic E-state index is 12.2. The highest BCUT2D eigenvalue weighted by atomic mass is 16.6. The summed E-state index contributed by atoms with van der Waals surface area (Å²) in [5.41, 5.74) is -1.71. The highest BCUT2D eigenvalue weighted by Crippen LogP contribution is 2.19. The highest BCUT2D eigenvalue weighted by Gasteiger charge is 2.39. The summed E-state index contributed by atoms with van der Waals surface area (Å²) < 4.78 is 10.3. The number of hydrogen-bond donors (Lipinski definition) is 1. The number of carboxylic acid groups (broad SMARTS) is 1. The summed E-state index contributed by atoms with van der Waals surface area (Å²) in [7, 11) is 0. The van der Waals surface area contributed by atoms with E-state index in [1.54, 1.807) is 48.5 Å². The zero-order chi connectivity index (χ0) is 17.7. The number of amides is 2. The topological polar surface area (TPSA) is 93.1 Å². The lowest BCUT2D eigenvalue weighted by Crippen LogP contribution is -2.51. The average molecular weight is 317 g/mol. The van der Waals surface area contributed by atoms with Crippen LogP contribution in [0.15, 0.2) is 0 Å². The standard InChI is InChI=1S/C15H27NO6/c1-8-9-10(11(17)18)16(12(19)21-14(2,3)4)13(20)22-15(5,6)7/h10H,8-9H2,1-7H3,(H,17,18)/t10-/m0/s1. The fraction of sp³-hybridized carbons (Fsp3) is 0.800. The normalized spacial score (nSPS) is 13.2. The van der Waals surface area contributed by atoms with Gasteiger partial charge in [-0.25, -0.2) is 14.4 Å². The third-order valence-electron chi connectivity index (χ3n) is 2.34. The third kappa shape index (κ3) is 7.28. The number of carboxylic acids is 1. The number of imide groups is 1. The molecule has 0 radical (unpaired) electrons. The number of rotatable bonds is 4. The molecule has 7 heteroatoms. The van der Waals surface area contributed by atoms with Gasteiger partial charge in [0.15, 0.2) is 0 Å². The maximum Gasteiger partial charge on any atom is 0.420 e. The Morgan fingerprint density at radius 3 is 1.55 bits per heavy atom. The molecule has 0 aromatic heterocycles. The van der Waals surface area contributed by atoms with Crippen molar-refractivity contribution in [2.24, 2.45) is 0 Å². The van der Waals surface area contributed by atoms with E-state index in [-0.39, 0.29) is 6.42 Å². The Hall–Kier alpha value is -1.79. The highest BCUT2D eigenvalue weighted by molar-refractivity contribution is 5.93. The first-order chi connectivity index (χ1) is 9.78. The van der Waals surface area contributed by atoms with Crippen LogP contribution in [-0.4, -0.2) is 45.4 Å². The molecule has 0 aromatic carbocycles. The molecule has 1 N–H and O–H groups in total. The monoisotopic (exact) mass is 317 g/mol. The summed E-state index contributed by atoms with van der Waals surface area (Å²) >= 11 is 0. The van der Waals surface area contributed by atoms with Crippen LogP contribution in [-0.2, 0) is 14.3 Å². The van der Waals surface area contributed by atoms with Crippen molar-refractivity contribution in [2.45, 2.75) is 78.6 Å². The Kier molecular flexibility index (Phi) is 6.86. The van der Waals surface area contributed by atoms with Crippen LogP contribution in [0.25, 0.3) is 0 Å². The maximum absolute atomic E-state index is 12.2. The smallest absolute Gasteiger partial charge is 0.420 e. The Balaban J connectivity index is 5.50. The third-order valence-corrected chi connectivity index (χ3v) is 2.34. The van der Waals surface area contributed by atoms with Crippen LogP contribution in [0.2, 0.25) is 0 Å². The van der Waals surface area contributed by atoms with Crippen LogP contribution in [0, 0.1) is 0 Å². The molecule has 0 rings (SSSR count). The van der Waals surface area contributed by atoms with Gasteiger partial charge >= 0.3 is 18.2 Å². The van der Waals surface area contributed by atoms with Gasteiger partial charge in [0.1, 0.15) is 17.2 Å². The molecule has 2 amide bonds. The average Bonchev–Trinajstić information content (AvgIpc) is 2.22. The fourth-order valence-corrected chi connectivity index (χ4v) is 1.59. The zero-order valence-corrected chi connectivity index (χ0v) is 14.4. The van der Waals surface area contributed by atoms with E-state index in [0.717, 1.165) is 0 Å². The number of carbonyl (C=O) groups is 3. The summed E-state index contributed by atoms with van der Waals surface area (Å²) in [4.78, 5) is 36.5. The van der Waals surface area contributed by atoms with Gasteiger partial charge < -0.3 is 14.6 Å². The first-order valence-electron chi connectivity index (χ1n) is 7.26. The van der Waals surface area contributed by atoms with Crippen molar-refractivity contribution in [2.75, 3.05) is 0 Å². The Bertz CT molecular complexity index is 391. The molecule has 0 aromatic rings. The van der Waals surface area contributed by atoms with Crippen molar-refractivity contribution in [3.63, 3.8) is 0 Å². The van der Waals surface area contributed by atoms with Crippen molar-refractivity contribution in [1.82, 2.24) is 4.90 Å². The Morgan fingerprint density at radius 1 is 0.955 bits per heavy atom. The predicted octanol–water partition coefficient (Wildman–Crippen LogP) is 3.41. The summed E-state index contributed by atoms with van der Waals surface area (Å²) in [6, 6.07) is -1.32. The van der Waals surface area contributed by atoms with Crippen molar-refractivity contribution in [1.29, 1.82) is 0 Å². The molecule has 7 nitrogen and oxygen atoms in total. The molecule has 0 saturated carbocycles. The van der Waals surface area contributed by atoms with E-state index in [0.29, 0.717) is 11.3 Å². The van der Waals surface area contributed by atoms with Crippen molar-refractivity contribution >= 4 is 18.2 Å². The van der Waals surface area contributed by atoms with Crippen molar-refractivity contribution in [3.05, 3.63) is 0 Å². The van der Waals surface area contributed by atoms with E-state index in [1.165, 1.54) is 0 Å². The molecule has 0 aliphatic carbocycles. The number of aliphatic carboxylic acids is 1. The van der Waals surface area contributed by atoms with Crippen LogP contribution < -0.4 is 0 Å². The minimum atomic E-state index is -1.32. The molecule has 1 atom stereocenters.